The van der Waals surface area contributed by atoms with Gasteiger partial charge in [-0.25, -0.2) is 0 Å². The first-order valence-corrected chi connectivity index (χ1v) is 6.03. The number of nitrogens with two attached hydrogens (primary N) is 1. The van der Waals surface area contributed by atoms with Gasteiger partial charge in [-0.05, 0) is 31.9 Å². The number of primary amides is 1. The third kappa shape index (κ3) is 1.79. The summed E-state index contributed by atoms with van der Waals surface area (Å²) in [5.41, 5.74) is 5.51. The van der Waals surface area contributed by atoms with Crippen molar-refractivity contribution in [1.82, 2.24) is 0 Å². The number of benzene rings is 1. The van der Waals surface area contributed by atoms with Crippen LogP contribution < -0.4 is 10.5 Å². The normalized spacial score (nSPS) is 10.8. The molecule has 90 valence electrons. The van der Waals surface area contributed by atoms with Crippen LogP contribution in [0.25, 0.3) is 11.0 Å². The molecule has 2 rings (SSSR count). The predicted molar refractivity (Wildman–Crippen MR) is 68.3 cm³/mol. The molecule has 0 bridgehead atoms. The van der Waals surface area contributed by atoms with Gasteiger partial charge in [0.15, 0.2) is 4.67 Å². The molecule has 1 aromatic heterocycles. The van der Waals surface area contributed by atoms with Gasteiger partial charge in [-0.2, -0.15) is 0 Å². The van der Waals surface area contributed by atoms with Crippen LogP contribution in [0.5, 0.6) is 11.5 Å². The van der Waals surface area contributed by atoms with Crippen LogP contribution in [-0.4, -0.2) is 18.1 Å². The first-order chi connectivity index (χ1) is 7.97. The summed E-state index contributed by atoms with van der Waals surface area (Å²) in [5, 5.41) is 10.3. The monoisotopic (exact) mass is 363 g/mol. The summed E-state index contributed by atoms with van der Waals surface area (Å²) >= 11 is 6.49. The molecule has 3 N–H and O–H groups in total. The topological polar surface area (TPSA) is 85.7 Å². The molecule has 1 amide bonds. The molecule has 5 nitrogen and oxygen atoms in total. The van der Waals surface area contributed by atoms with Crippen molar-refractivity contribution in [1.29, 1.82) is 0 Å². The lowest BCUT2D eigenvalue weighted by Gasteiger charge is -2.08. The Kier molecular flexibility index (Phi) is 3.05. The molecular formula is C10H7Br2NO4. The van der Waals surface area contributed by atoms with E-state index in [2.05, 4.69) is 31.9 Å². The largest absolute Gasteiger partial charge is 0.507 e. The first kappa shape index (κ1) is 12.3. The van der Waals surface area contributed by atoms with Crippen molar-refractivity contribution < 1.29 is 19.1 Å². The lowest BCUT2D eigenvalue weighted by molar-refractivity contribution is 0.0995. The van der Waals surface area contributed by atoms with E-state index in [4.69, 9.17) is 14.9 Å². The number of phenols is 1. The highest BCUT2D eigenvalue weighted by molar-refractivity contribution is 9.13. The Morgan fingerprint density at radius 3 is 2.71 bits per heavy atom. The molecule has 0 saturated heterocycles. The maximum absolute atomic E-state index is 11.3. The maximum atomic E-state index is 11.3. The number of rotatable bonds is 2. The van der Waals surface area contributed by atoms with Crippen LogP contribution in [0.3, 0.4) is 0 Å². The molecular weight excluding hydrogens is 358 g/mol. The molecule has 1 aromatic carbocycles. The van der Waals surface area contributed by atoms with E-state index in [1.807, 2.05) is 0 Å². The minimum absolute atomic E-state index is 0.0750. The van der Waals surface area contributed by atoms with E-state index in [0.29, 0.717) is 20.1 Å². The van der Waals surface area contributed by atoms with Crippen molar-refractivity contribution in [2.24, 2.45) is 5.73 Å². The summed E-state index contributed by atoms with van der Waals surface area (Å²) in [6, 6.07) is 1.31. The van der Waals surface area contributed by atoms with E-state index in [0.717, 1.165) is 0 Å². The highest BCUT2D eigenvalue weighted by Crippen LogP contribution is 2.44. The molecule has 0 aliphatic heterocycles. The van der Waals surface area contributed by atoms with Crippen molar-refractivity contribution >= 4 is 48.7 Å². The number of amides is 1. The lowest BCUT2D eigenvalue weighted by atomic mass is 10.1. The number of hydrogen-bond acceptors (Lipinski definition) is 4. The summed E-state index contributed by atoms with van der Waals surface area (Å²) < 4.78 is 11.5. The van der Waals surface area contributed by atoms with Gasteiger partial charge in [-0.1, -0.05) is 0 Å². The first-order valence-electron chi connectivity index (χ1n) is 4.44. The molecule has 0 atom stereocenters. The zero-order valence-electron chi connectivity index (χ0n) is 8.58. The van der Waals surface area contributed by atoms with Gasteiger partial charge in [-0.15, -0.1) is 0 Å². The molecule has 0 aliphatic rings. The van der Waals surface area contributed by atoms with E-state index < -0.39 is 5.91 Å². The molecule has 1 heterocycles. The van der Waals surface area contributed by atoms with Crippen LogP contribution in [0, 0.1) is 0 Å². The van der Waals surface area contributed by atoms with Gasteiger partial charge in [0.25, 0.3) is 5.91 Å². The minimum atomic E-state index is -0.773. The van der Waals surface area contributed by atoms with Crippen LogP contribution in [0.4, 0.5) is 0 Å². The number of methoxy groups -OCH3 is 1. The molecule has 0 saturated carbocycles. The van der Waals surface area contributed by atoms with Crippen LogP contribution in [0.15, 0.2) is 19.6 Å². The Bertz CT molecular complexity index is 621. The van der Waals surface area contributed by atoms with Crippen molar-refractivity contribution in [3.8, 4) is 11.5 Å². The van der Waals surface area contributed by atoms with Gasteiger partial charge in [0.2, 0.25) is 0 Å². The zero-order valence-corrected chi connectivity index (χ0v) is 11.8. The van der Waals surface area contributed by atoms with Gasteiger partial charge in [0.05, 0.1) is 17.0 Å². The van der Waals surface area contributed by atoms with Crippen molar-refractivity contribution in [2.45, 2.75) is 0 Å². The van der Waals surface area contributed by atoms with Crippen LogP contribution in [0.2, 0.25) is 0 Å². The van der Waals surface area contributed by atoms with Crippen molar-refractivity contribution in [3.63, 3.8) is 0 Å². The third-order valence-corrected chi connectivity index (χ3v) is 4.11. The molecule has 7 heteroatoms. The molecule has 0 aliphatic carbocycles. The van der Waals surface area contributed by atoms with E-state index in [9.17, 15) is 9.90 Å². The highest BCUT2D eigenvalue weighted by atomic mass is 79.9. The fourth-order valence-corrected chi connectivity index (χ4v) is 2.42. The smallest absolute Gasteiger partial charge is 0.256 e. The maximum Gasteiger partial charge on any atom is 0.256 e. The van der Waals surface area contributed by atoms with Gasteiger partial charge in [-0.3, -0.25) is 4.79 Å². The Morgan fingerprint density at radius 2 is 2.18 bits per heavy atom. The van der Waals surface area contributed by atoms with E-state index >= 15 is 0 Å². The quantitative estimate of drug-likeness (QED) is 0.857. The molecule has 2 aromatic rings. The summed E-state index contributed by atoms with van der Waals surface area (Å²) in [5.74, 6) is -0.880. The Labute approximate surface area is 113 Å². The van der Waals surface area contributed by atoms with Crippen LogP contribution >= 0.6 is 31.9 Å². The summed E-state index contributed by atoms with van der Waals surface area (Å²) in [6.07, 6.45) is 0. The van der Waals surface area contributed by atoms with Crippen LogP contribution in [0.1, 0.15) is 10.4 Å². The van der Waals surface area contributed by atoms with Gasteiger partial charge in [0.1, 0.15) is 22.6 Å². The second-order valence-electron chi connectivity index (χ2n) is 3.23. The fraction of sp³-hybridized carbons (Fsp3) is 0.100. The predicted octanol–water partition coefficient (Wildman–Crippen LogP) is 2.77. The average molecular weight is 365 g/mol. The molecule has 0 unspecified atom stereocenters. The standard InChI is InChI=1S/C10H7Br2NO4/c1-16-8-5(10(13)15)3(14)2-4-6(8)7(11)9(12)17-4/h2,14H,1H3,(H2,13,15). The Morgan fingerprint density at radius 1 is 1.53 bits per heavy atom. The van der Waals surface area contributed by atoms with Crippen LogP contribution in [-0.2, 0) is 0 Å². The number of fused-ring (bicyclic) bond motifs is 1. The number of halogens is 2. The second-order valence-corrected chi connectivity index (χ2v) is 4.74. The number of ether oxygens (including phenoxy) is 1. The lowest BCUT2D eigenvalue weighted by Crippen LogP contribution is -2.12. The zero-order chi connectivity index (χ0) is 12.7. The van der Waals surface area contributed by atoms with Gasteiger partial charge in [0, 0.05) is 6.07 Å². The molecule has 17 heavy (non-hydrogen) atoms. The van der Waals surface area contributed by atoms with Crippen molar-refractivity contribution in [2.75, 3.05) is 7.11 Å². The molecule has 0 radical (unpaired) electrons. The van der Waals surface area contributed by atoms with Crippen molar-refractivity contribution in [3.05, 3.63) is 20.8 Å². The fourth-order valence-electron chi connectivity index (χ4n) is 1.59. The molecule has 0 fully saturated rings. The molecule has 0 spiro atoms. The number of carbonyl (C=O) groups is 1. The van der Waals surface area contributed by atoms with E-state index in [1.165, 1.54) is 13.2 Å². The SMILES string of the molecule is COc1c(C(N)=O)c(O)cc2oc(Br)c(Br)c12. The average Bonchev–Trinajstić information content (AvgIpc) is 2.52. The number of aromatic hydroxyl groups is 1. The number of hydrogen-bond donors (Lipinski definition) is 2. The summed E-state index contributed by atoms with van der Waals surface area (Å²) in [6.45, 7) is 0. The Hall–Kier alpha value is -1.21. The van der Waals surface area contributed by atoms with Gasteiger partial charge < -0.3 is 20.0 Å². The number of carbonyl (C=O) groups excluding carboxylic acids is 1. The second kappa shape index (κ2) is 4.23. The van der Waals surface area contributed by atoms with Gasteiger partial charge >= 0.3 is 0 Å². The van der Waals surface area contributed by atoms with E-state index in [1.54, 1.807) is 0 Å². The Balaban J connectivity index is 2.97. The summed E-state index contributed by atoms with van der Waals surface area (Å²) in [7, 11) is 1.38. The van der Waals surface area contributed by atoms with E-state index in [-0.39, 0.29) is 17.1 Å². The third-order valence-electron chi connectivity index (χ3n) is 2.27. The summed E-state index contributed by atoms with van der Waals surface area (Å²) in [4.78, 5) is 11.3. The number of furan rings is 1. The highest BCUT2D eigenvalue weighted by Gasteiger charge is 2.23. The minimum Gasteiger partial charge on any atom is -0.507 e.